The first-order valence-corrected chi connectivity index (χ1v) is 10.9. The number of amides is 2. The molecule has 0 aromatic heterocycles. The summed E-state index contributed by atoms with van der Waals surface area (Å²) in [6, 6.07) is 5.59. The van der Waals surface area contributed by atoms with Gasteiger partial charge in [-0.3, -0.25) is 9.59 Å². The van der Waals surface area contributed by atoms with Crippen LogP contribution in [0.15, 0.2) is 18.2 Å². The number of piperidine rings is 3. The molecule has 3 aliphatic rings. The number of rotatable bonds is 4. The van der Waals surface area contributed by atoms with Crippen LogP contribution in [0.5, 0.6) is 5.75 Å². The van der Waals surface area contributed by atoms with Crippen LogP contribution in [-0.2, 0) is 4.79 Å². The summed E-state index contributed by atoms with van der Waals surface area (Å²) in [6.07, 6.45) is 3.73. The fraction of sp³-hybridized carbons (Fsp3) is 0.636. The lowest BCUT2D eigenvalue weighted by molar-refractivity contribution is -0.152. The highest BCUT2D eigenvalue weighted by Gasteiger charge is 2.50. The van der Waals surface area contributed by atoms with Gasteiger partial charge in [0.05, 0.1) is 12.7 Å². The number of ether oxygens (including phenoxy) is 1. The fourth-order valence-electron chi connectivity index (χ4n) is 5.57. The van der Waals surface area contributed by atoms with Crippen molar-refractivity contribution in [1.29, 1.82) is 0 Å². The summed E-state index contributed by atoms with van der Waals surface area (Å²) >= 11 is 6.16. The molecule has 2 amide bonds. The molecule has 29 heavy (non-hydrogen) atoms. The maximum absolute atomic E-state index is 13.4. The van der Waals surface area contributed by atoms with E-state index in [1.54, 1.807) is 25.3 Å². The Morgan fingerprint density at radius 1 is 1.28 bits per heavy atom. The zero-order valence-electron chi connectivity index (χ0n) is 17.4. The van der Waals surface area contributed by atoms with Crippen molar-refractivity contribution >= 4 is 23.4 Å². The highest BCUT2D eigenvalue weighted by Crippen LogP contribution is 2.42. The number of halogens is 1. The molecule has 3 saturated heterocycles. The molecule has 158 valence electrons. The highest BCUT2D eigenvalue weighted by atomic mass is 35.5. The van der Waals surface area contributed by atoms with Gasteiger partial charge in [-0.15, -0.1) is 0 Å². The van der Waals surface area contributed by atoms with Gasteiger partial charge in [-0.1, -0.05) is 11.6 Å². The average molecular weight is 420 g/mol. The summed E-state index contributed by atoms with van der Waals surface area (Å²) in [6.45, 7) is 2.19. The summed E-state index contributed by atoms with van der Waals surface area (Å²) < 4.78 is 5.41. The van der Waals surface area contributed by atoms with E-state index in [1.165, 1.54) is 0 Å². The molecule has 1 aromatic rings. The molecule has 6 nitrogen and oxygen atoms in total. The zero-order valence-corrected chi connectivity index (χ0v) is 18.2. The standard InChI is InChI=1S/C22H30ClN3O3/c1-24(2)13-19-15-9-14(18-5-4-6-21(27)26(18)19)11-25(12-15)22(28)17-10-16(23)7-8-20(17)29-3/h7-8,10,14-15,18-19H,4-6,9,11-13H2,1-3H3/t14-,15+,18+,19+/m1/s1. The maximum atomic E-state index is 13.4. The third-order valence-electron chi connectivity index (χ3n) is 6.73. The highest BCUT2D eigenvalue weighted by molar-refractivity contribution is 6.31. The van der Waals surface area contributed by atoms with Gasteiger partial charge in [-0.25, -0.2) is 0 Å². The first kappa shape index (κ1) is 20.5. The Morgan fingerprint density at radius 2 is 2.03 bits per heavy atom. The first-order valence-electron chi connectivity index (χ1n) is 10.5. The molecule has 0 spiro atoms. The Labute approximate surface area is 177 Å². The van der Waals surface area contributed by atoms with E-state index in [9.17, 15) is 9.59 Å². The summed E-state index contributed by atoms with van der Waals surface area (Å²) in [7, 11) is 5.68. The number of methoxy groups -OCH3 is 1. The molecule has 0 unspecified atom stereocenters. The molecular formula is C22H30ClN3O3. The van der Waals surface area contributed by atoms with Crippen LogP contribution >= 0.6 is 11.6 Å². The van der Waals surface area contributed by atoms with Crippen molar-refractivity contribution in [3.8, 4) is 5.75 Å². The van der Waals surface area contributed by atoms with Gasteiger partial charge in [-0.2, -0.15) is 0 Å². The summed E-state index contributed by atoms with van der Waals surface area (Å²) in [4.78, 5) is 32.5. The Morgan fingerprint density at radius 3 is 2.76 bits per heavy atom. The van der Waals surface area contributed by atoms with Crippen LogP contribution in [0.2, 0.25) is 5.02 Å². The summed E-state index contributed by atoms with van der Waals surface area (Å²) in [5, 5.41) is 0.529. The van der Waals surface area contributed by atoms with Crippen molar-refractivity contribution in [2.75, 3.05) is 40.8 Å². The van der Waals surface area contributed by atoms with Gasteiger partial charge in [-0.05, 0) is 63.4 Å². The average Bonchev–Trinajstić information content (AvgIpc) is 2.70. The lowest BCUT2D eigenvalue weighted by Gasteiger charge is -2.57. The smallest absolute Gasteiger partial charge is 0.257 e. The monoisotopic (exact) mass is 419 g/mol. The largest absolute Gasteiger partial charge is 0.496 e. The second-order valence-electron chi connectivity index (χ2n) is 8.90. The Kier molecular flexibility index (Phi) is 5.76. The third-order valence-corrected chi connectivity index (χ3v) is 6.96. The number of fused-ring (bicyclic) bond motifs is 4. The van der Waals surface area contributed by atoms with Crippen molar-refractivity contribution in [3.63, 3.8) is 0 Å². The van der Waals surface area contributed by atoms with Crippen LogP contribution in [0, 0.1) is 11.8 Å². The predicted octanol–water partition coefficient (Wildman–Crippen LogP) is 2.75. The molecule has 1 aromatic carbocycles. The van der Waals surface area contributed by atoms with Gasteiger partial charge < -0.3 is 19.4 Å². The normalized spacial score (nSPS) is 29.1. The molecule has 0 aliphatic carbocycles. The van der Waals surface area contributed by atoms with E-state index in [0.29, 0.717) is 53.6 Å². The van der Waals surface area contributed by atoms with Crippen LogP contribution in [-0.4, -0.2) is 79.4 Å². The molecule has 4 rings (SSSR count). The molecule has 3 fully saturated rings. The van der Waals surface area contributed by atoms with E-state index >= 15 is 0 Å². The van der Waals surface area contributed by atoms with Crippen molar-refractivity contribution in [2.24, 2.45) is 11.8 Å². The number of nitrogens with zero attached hydrogens (tertiary/aromatic N) is 3. The molecule has 7 heteroatoms. The first-order chi connectivity index (χ1) is 13.9. The number of likely N-dealkylation sites (N-methyl/N-ethyl adjacent to an activating group) is 1. The van der Waals surface area contributed by atoms with Gasteiger partial charge in [0.1, 0.15) is 5.75 Å². The van der Waals surface area contributed by atoms with Gasteiger partial charge in [0.25, 0.3) is 5.91 Å². The lowest BCUT2D eigenvalue weighted by Crippen LogP contribution is -2.67. The van der Waals surface area contributed by atoms with Crippen LogP contribution in [0.3, 0.4) is 0 Å². The minimum Gasteiger partial charge on any atom is -0.496 e. The van der Waals surface area contributed by atoms with E-state index in [4.69, 9.17) is 16.3 Å². The van der Waals surface area contributed by atoms with Gasteiger partial charge in [0, 0.05) is 43.2 Å². The second kappa shape index (κ2) is 8.15. The molecule has 3 heterocycles. The summed E-state index contributed by atoms with van der Waals surface area (Å²) in [5.74, 6) is 1.45. The van der Waals surface area contributed by atoms with Crippen molar-refractivity contribution in [1.82, 2.24) is 14.7 Å². The van der Waals surface area contributed by atoms with E-state index in [-0.39, 0.29) is 18.0 Å². The predicted molar refractivity (Wildman–Crippen MR) is 112 cm³/mol. The zero-order chi connectivity index (χ0) is 20.7. The van der Waals surface area contributed by atoms with Crippen LogP contribution in [0.4, 0.5) is 0 Å². The van der Waals surface area contributed by atoms with Gasteiger partial charge >= 0.3 is 0 Å². The second-order valence-corrected chi connectivity index (χ2v) is 9.34. The quantitative estimate of drug-likeness (QED) is 0.753. The van der Waals surface area contributed by atoms with Gasteiger partial charge in [0.2, 0.25) is 5.91 Å². The van der Waals surface area contributed by atoms with Crippen LogP contribution in [0.1, 0.15) is 36.0 Å². The molecule has 0 N–H and O–H groups in total. The SMILES string of the molecule is COc1ccc(Cl)cc1C(=O)N1C[C@H]2C[C@@H](C1)[C@H](CN(C)C)N1C(=O)CCC[C@@H]21. The van der Waals surface area contributed by atoms with E-state index in [2.05, 4.69) is 23.9 Å². The van der Waals surface area contributed by atoms with Crippen molar-refractivity contribution in [3.05, 3.63) is 28.8 Å². The Balaban J connectivity index is 1.63. The number of benzene rings is 1. The van der Waals surface area contributed by atoms with E-state index in [0.717, 1.165) is 25.8 Å². The number of hydrogen-bond donors (Lipinski definition) is 0. The maximum Gasteiger partial charge on any atom is 0.257 e. The Hall–Kier alpha value is -1.79. The van der Waals surface area contributed by atoms with Gasteiger partial charge in [0.15, 0.2) is 0 Å². The molecule has 0 saturated carbocycles. The number of carbonyl (C=O) groups is 2. The minimum absolute atomic E-state index is 0.0294. The van der Waals surface area contributed by atoms with Crippen LogP contribution < -0.4 is 4.74 Å². The molecular weight excluding hydrogens is 390 g/mol. The third kappa shape index (κ3) is 3.84. The van der Waals surface area contributed by atoms with Crippen molar-refractivity contribution in [2.45, 2.75) is 37.8 Å². The van der Waals surface area contributed by atoms with Crippen molar-refractivity contribution < 1.29 is 14.3 Å². The van der Waals surface area contributed by atoms with E-state index in [1.807, 2.05) is 4.90 Å². The molecule has 3 aliphatic heterocycles. The molecule has 0 radical (unpaired) electrons. The topological polar surface area (TPSA) is 53.1 Å². The summed E-state index contributed by atoms with van der Waals surface area (Å²) in [5.41, 5.74) is 0.515. The minimum atomic E-state index is -0.0294. The number of likely N-dealkylation sites (tertiary alicyclic amines) is 1. The van der Waals surface area contributed by atoms with Crippen LogP contribution in [0.25, 0.3) is 0 Å². The van der Waals surface area contributed by atoms with E-state index < -0.39 is 0 Å². The molecule has 2 bridgehead atoms. The fourth-order valence-corrected chi connectivity index (χ4v) is 5.74. The molecule has 4 atom stereocenters. The number of hydrogen-bond acceptors (Lipinski definition) is 4. The Bertz CT molecular complexity index is 800. The number of carbonyl (C=O) groups excluding carboxylic acids is 2. The lowest BCUT2D eigenvalue weighted by atomic mass is 9.72.